The van der Waals surface area contributed by atoms with E-state index in [0.29, 0.717) is 58.1 Å². The fraction of sp³-hybridized carbons (Fsp3) is 0.444. The van der Waals surface area contributed by atoms with Crippen LogP contribution in [0.25, 0.3) is 16.6 Å². The van der Waals surface area contributed by atoms with Gasteiger partial charge in [-0.1, -0.05) is 37.0 Å². The standard InChI is InChI=1S/C35H40Cl2N6O4.CH4O/c1-35(2)11-12-42(31(35)21-47-34(39-23-7-8-23)27(36)6-5-13-44)30-15-29-26(14-28(30)37)33(46)22(20-45)17-43(29)24-9-10-32(38-16-24)41-18-25(19-41)40(3)4;1-2/h5-6,9-10,13-17,20,23,25,31,39H,7-8,11-12,18-19,21H2,1-4H3;2H,1H3/b6-5-,34-27-;. The molecule has 1 aliphatic carbocycles. The highest BCUT2D eigenvalue weighted by Crippen LogP contribution is 2.43. The van der Waals surface area contributed by atoms with Gasteiger partial charge in [0.25, 0.3) is 0 Å². The average molecular weight is 712 g/mol. The summed E-state index contributed by atoms with van der Waals surface area (Å²) < 4.78 is 8.17. The molecule has 3 aliphatic rings. The summed E-state index contributed by atoms with van der Waals surface area (Å²) in [5.41, 5.74) is 1.63. The topological polar surface area (TPSA) is 120 Å². The molecule has 262 valence electrons. The number of anilines is 2. The van der Waals surface area contributed by atoms with Gasteiger partial charge in [-0.05, 0) is 75.2 Å². The number of carbonyl (C=O) groups is 2. The van der Waals surface area contributed by atoms with Gasteiger partial charge in [0.15, 0.2) is 11.7 Å². The predicted molar refractivity (Wildman–Crippen MR) is 195 cm³/mol. The number of aliphatic hydroxyl groups excluding tert-OH is 1. The third kappa shape index (κ3) is 7.80. The Hall–Kier alpha value is -3.90. The van der Waals surface area contributed by atoms with Crippen molar-refractivity contribution >= 4 is 58.2 Å². The number of hydrogen-bond acceptors (Lipinski definition) is 10. The molecule has 0 bridgehead atoms. The third-order valence-electron chi connectivity index (χ3n) is 9.57. The van der Waals surface area contributed by atoms with Gasteiger partial charge >= 0.3 is 0 Å². The lowest BCUT2D eigenvalue weighted by molar-refractivity contribution is -0.104. The van der Waals surface area contributed by atoms with E-state index in [1.807, 2.05) is 22.8 Å². The highest BCUT2D eigenvalue weighted by molar-refractivity contribution is 6.34. The molecule has 11 nitrogen and oxygen atoms in total. The smallest absolute Gasteiger partial charge is 0.206 e. The van der Waals surface area contributed by atoms with E-state index in [-0.39, 0.29) is 22.4 Å². The lowest BCUT2D eigenvalue weighted by Crippen LogP contribution is -2.57. The van der Waals surface area contributed by atoms with Crippen molar-refractivity contribution in [2.45, 2.75) is 51.2 Å². The molecule has 1 unspecified atom stereocenters. The molecule has 3 fully saturated rings. The van der Waals surface area contributed by atoms with Crippen LogP contribution in [-0.4, -0.2) is 97.7 Å². The number of aliphatic hydroxyl groups is 1. The van der Waals surface area contributed by atoms with Crippen molar-refractivity contribution in [3.63, 3.8) is 0 Å². The van der Waals surface area contributed by atoms with Gasteiger partial charge < -0.3 is 34.4 Å². The van der Waals surface area contributed by atoms with Crippen LogP contribution in [0.3, 0.4) is 0 Å². The van der Waals surface area contributed by atoms with Crippen LogP contribution >= 0.6 is 23.2 Å². The normalized spacial score (nSPS) is 19.4. The van der Waals surface area contributed by atoms with Crippen molar-refractivity contribution in [3.05, 3.63) is 80.5 Å². The van der Waals surface area contributed by atoms with Crippen molar-refractivity contribution < 1.29 is 19.4 Å². The van der Waals surface area contributed by atoms with Crippen LogP contribution in [0.4, 0.5) is 11.5 Å². The number of hydrogen-bond donors (Lipinski definition) is 2. The number of benzene rings is 1. The largest absolute Gasteiger partial charge is 0.476 e. The van der Waals surface area contributed by atoms with Gasteiger partial charge in [-0.2, -0.15) is 0 Å². The van der Waals surface area contributed by atoms with Gasteiger partial charge in [0.05, 0.1) is 39.7 Å². The fourth-order valence-corrected chi connectivity index (χ4v) is 6.71. The summed E-state index contributed by atoms with van der Waals surface area (Å²) in [5.74, 6) is 1.33. The first-order valence-corrected chi connectivity index (χ1v) is 17.1. The molecule has 3 aromatic rings. The summed E-state index contributed by atoms with van der Waals surface area (Å²) in [5, 5.41) is 11.4. The van der Waals surface area contributed by atoms with E-state index in [1.54, 1.807) is 18.5 Å². The van der Waals surface area contributed by atoms with E-state index in [0.717, 1.165) is 63.2 Å². The van der Waals surface area contributed by atoms with E-state index in [2.05, 4.69) is 48.0 Å². The summed E-state index contributed by atoms with van der Waals surface area (Å²) in [4.78, 5) is 47.6. The van der Waals surface area contributed by atoms with Crippen molar-refractivity contribution in [2.75, 3.05) is 57.2 Å². The van der Waals surface area contributed by atoms with Crippen LogP contribution < -0.4 is 20.5 Å². The highest BCUT2D eigenvalue weighted by Gasteiger charge is 2.42. The molecule has 0 spiro atoms. The minimum atomic E-state index is -0.375. The zero-order chi connectivity index (χ0) is 35.5. The number of halogens is 2. The predicted octanol–water partition coefficient (Wildman–Crippen LogP) is 4.75. The Kier molecular flexibility index (Phi) is 11.4. The van der Waals surface area contributed by atoms with Crippen LogP contribution in [0.15, 0.2) is 64.5 Å². The minimum Gasteiger partial charge on any atom is -0.476 e. The minimum absolute atomic E-state index is 0.0403. The number of allylic oxidation sites excluding steroid dienone is 3. The maximum atomic E-state index is 13.4. The lowest BCUT2D eigenvalue weighted by Gasteiger charge is -2.43. The van der Waals surface area contributed by atoms with Gasteiger partial charge in [-0.25, -0.2) is 4.98 Å². The summed E-state index contributed by atoms with van der Waals surface area (Å²) in [7, 11) is 5.16. The number of aromatic nitrogens is 2. The average Bonchev–Trinajstić information content (AvgIpc) is 3.84. The molecule has 4 heterocycles. The number of rotatable bonds is 12. The zero-order valence-electron chi connectivity index (χ0n) is 28.5. The number of ether oxygens (including phenoxy) is 1. The number of nitrogens with one attached hydrogen (secondary N) is 1. The molecule has 1 saturated carbocycles. The molecular formula is C36H44Cl2N6O5. The van der Waals surface area contributed by atoms with Crippen LogP contribution in [0.5, 0.6) is 0 Å². The Balaban J connectivity index is 0.00000230. The van der Waals surface area contributed by atoms with Gasteiger partial charge in [-0.3, -0.25) is 14.4 Å². The molecule has 0 amide bonds. The monoisotopic (exact) mass is 710 g/mol. The van der Waals surface area contributed by atoms with Crippen LogP contribution in [0.2, 0.25) is 5.02 Å². The molecule has 2 N–H and O–H groups in total. The number of likely N-dealkylation sites (N-methyl/N-ethyl adjacent to an activating group) is 1. The quantitative estimate of drug-likeness (QED) is 0.118. The van der Waals surface area contributed by atoms with Gasteiger partial charge in [0.2, 0.25) is 5.88 Å². The molecule has 13 heteroatoms. The van der Waals surface area contributed by atoms with Crippen molar-refractivity contribution in [1.29, 1.82) is 0 Å². The molecule has 49 heavy (non-hydrogen) atoms. The maximum Gasteiger partial charge on any atom is 0.206 e. The Morgan fingerprint density at radius 2 is 1.92 bits per heavy atom. The maximum absolute atomic E-state index is 13.4. The number of fused-ring (bicyclic) bond motifs is 1. The van der Waals surface area contributed by atoms with E-state index < -0.39 is 0 Å². The summed E-state index contributed by atoms with van der Waals surface area (Å²) in [6.07, 6.45) is 10.4. The lowest BCUT2D eigenvalue weighted by atomic mass is 9.85. The second kappa shape index (κ2) is 15.3. The number of carbonyl (C=O) groups excluding carboxylic acids is 2. The third-order valence-corrected chi connectivity index (χ3v) is 10.2. The SMILES string of the molecule is CN(C)C1CN(c2ccc(-n3cc(C=O)c(=O)c4cc(Cl)c(N5CCC(C)(C)C5CO/C(NC5CC5)=C(Cl)/C=C\C=O)cc43)cn2)C1.CO. The number of nitrogens with zero attached hydrogens (tertiary/aromatic N) is 5. The first-order chi connectivity index (χ1) is 23.5. The fourth-order valence-electron chi connectivity index (χ4n) is 6.26. The van der Waals surface area contributed by atoms with E-state index in [9.17, 15) is 14.4 Å². The Morgan fingerprint density at radius 1 is 1.18 bits per heavy atom. The van der Waals surface area contributed by atoms with Crippen molar-refractivity contribution in [2.24, 2.45) is 5.41 Å². The molecule has 6 rings (SSSR count). The summed E-state index contributed by atoms with van der Waals surface area (Å²) in [6.45, 7) is 7.24. The van der Waals surface area contributed by atoms with Gasteiger partial charge in [-0.15, -0.1) is 0 Å². The molecular weight excluding hydrogens is 667 g/mol. The Labute approximate surface area is 296 Å². The molecule has 0 radical (unpaired) electrons. The van der Waals surface area contributed by atoms with E-state index in [1.165, 1.54) is 12.2 Å². The highest BCUT2D eigenvalue weighted by atomic mass is 35.5. The molecule has 2 saturated heterocycles. The Morgan fingerprint density at radius 3 is 2.53 bits per heavy atom. The van der Waals surface area contributed by atoms with Crippen LogP contribution in [0.1, 0.15) is 43.5 Å². The first kappa shape index (κ1) is 36.4. The molecule has 2 aromatic heterocycles. The van der Waals surface area contributed by atoms with Crippen molar-refractivity contribution in [1.82, 2.24) is 19.8 Å². The summed E-state index contributed by atoms with van der Waals surface area (Å²) >= 11 is 13.5. The second-order valence-electron chi connectivity index (χ2n) is 13.5. The van der Waals surface area contributed by atoms with E-state index in [4.69, 9.17) is 38.0 Å². The Bertz CT molecular complexity index is 1800. The first-order valence-electron chi connectivity index (χ1n) is 16.3. The van der Waals surface area contributed by atoms with Crippen LogP contribution in [0, 0.1) is 5.41 Å². The number of aldehydes is 2. The van der Waals surface area contributed by atoms with Crippen LogP contribution in [-0.2, 0) is 9.53 Å². The molecule has 2 aliphatic heterocycles. The summed E-state index contributed by atoms with van der Waals surface area (Å²) in [6, 6.07) is 8.20. The zero-order valence-corrected chi connectivity index (χ0v) is 30.0. The van der Waals surface area contributed by atoms with Gasteiger partial charge in [0.1, 0.15) is 23.7 Å². The molecule has 1 atom stereocenters. The van der Waals surface area contributed by atoms with E-state index >= 15 is 0 Å². The van der Waals surface area contributed by atoms with Crippen molar-refractivity contribution in [3.8, 4) is 5.69 Å². The number of pyridine rings is 2. The van der Waals surface area contributed by atoms with Gasteiger partial charge in [0, 0.05) is 50.4 Å². The second-order valence-corrected chi connectivity index (χ2v) is 14.3. The molecule has 1 aromatic carbocycles.